The van der Waals surface area contributed by atoms with Crippen molar-refractivity contribution in [2.45, 2.75) is 56.8 Å². The molecular weight excluding hydrogens is 300 g/mol. The molecule has 2 saturated heterocycles. The van der Waals surface area contributed by atoms with Crippen LogP contribution in [-0.2, 0) is 14.4 Å². The predicted molar refractivity (Wildman–Crippen MR) is 83.2 cm³/mol. The van der Waals surface area contributed by atoms with Crippen LogP contribution in [0.5, 0.6) is 0 Å². The Bertz CT molecular complexity index is 482. The molecule has 2 heterocycles. The normalized spacial score (nSPS) is 27.7. The minimum Gasteiger partial charge on any atom is -0.391 e. The molecule has 0 aromatic carbocycles. The number of likely N-dealkylation sites (tertiary alicyclic amines) is 2. The van der Waals surface area contributed by atoms with Gasteiger partial charge in [0.1, 0.15) is 12.1 Å². The van der Waals surface area contributed by atoms with Crippen molar-refractivity contribution in [1.29, 1.82) is 0 Å². The molecule has 4 N–H and O–H groups in total. The molecule has 2 aliphatic rings. The first-order chi connectivity index (χ1) is 10.8. The van der Waals surface area contributed by atoms with Crippen LogP contribution in [0.2, 0.25) is 0 Å². The summed E-state index contributed by atoms with van der Waals surface area (Å²) in [5, 5.41) is 12.0. The first-order valence-electron chi connectivity index (χ1n) is 8.11. The van der Waals surface area contributed by atoms with E-state index in [4.69, 9.17) is 5.73 Å². The van der Waals surface area contributed by atoms with Gasteiger partial charge >= 0.3 is 0 Å². The van der Waals surface area contributed by atoms with Gasteiger partial charge in [0.2, 0.25) is 17.7 Å². The number of primary amides is 1. The lowest BCUT2D eigenvalue weighted by Crippen LogP contribution is -2.57. The summed E-state index contributed by atoms with van der Waals surface area (Å²) in [7, 11) is 1.91. The average molecular weight is 326 g/mol. The molecule has 8 nitrogen and oxygen atoms in total. The van der Waals surface area contributed by atoms with Crippen molar-refractivity contribution in [2.75, 3.05) is 20.1 Å². The number of amides is 3. The van der Waals surface area contributed by atoms with E-state index in [0.29, 0.717) is 13.0 Å². The Morgan fingerprint density at radius 3 is 2.30 bits per heavy atom. The largest absolute Gasteiger partial charge is 0.391 e. The second-order valence-corrected chi connectivity index (χ2v) is 6.46. The van der Waals surface area contributed by atoms with E-state index in [1.165, 1.54) is 6.92 Å². The maximum atomic E-state index is 12.7. The highest BCUT2D eigenvalue weighted by atomic mass is 16.3. The number of aliphatic hydroxyl groups is 1. The molecule has 0 radical (unpaired) electrons. The van der Waals surface area contributed by atoms with E-state index >= 15 is 0 Å². The third-order valence-electron chi connectivity index (χ3n) is 4.73. The van der Waals surface area contributed by atoms with Gasteiger partial charge in [-0.25, -0.2) is 0 Å². The lowest BCUT2D eigenvalue weighted by molar-refractivity contribution is -0.142. The smallest absolute Gasteiger partial charge is 0.243 e. The Morgan fingerprint density at radius 1 is 1.17 bits per heavy atom. The summed E-state index contributed by atoms with van der Waals surface area (Å²) in [5.74, 6) is -1.25. The highest BCUT2D eigenvalue weighted by Gasteiger charge is 2.40. The van der Waals surface area contributed by atoms with Crippen LogP contribution >= 0.6 is 0 Å². The summed E-state index contributed by atoms with van der Waals surface area (Å²) in [6.45, 7) is 2.81. The fraction of sp³-hybridized carbons (Fsp3) is 0.800. The molecule has 23 heavy (non-hydrogen) atoms. The van der Waals surface area contributed by atoms with Crippen LogP contribution < -0.4 is 11.1 Å². The summed E-state index contributed by atoms with van der Waals surface area (Å²) in [4.78, 5) is 40.1. The molecule has 0 unspecified atom stereocenters. The van der Waals surface area contributed by atoms with Crippen molar-refractivity contribution in [1.82, 2.24) is 15.1 Å². The van der Waals surface area contributed by atoms with E-state index < -0.39 is 30.0 Å². The molecule has 130 valence electrons. The fourth-order valence-corrected chi connectivity index (χ4v) is 3.40. The maximum absolute atomic E-state index is 12.7. The SMILES string of the molecule is C[C@@H](O)[C@H](NC(=O)[C@H]1CCCN1C(=O)[C@H]1CCCN1C)C(N)=O. The third-order valence-corrected chi connectivity index (χ3v) is 4.73. The van der Waals surface area contributed by atoms with Crippen molar-refractivity contribution in [3.8, 4) is 0 Å². The molecule has 0 aromatic rings. The number of likely N-dealkylation sites (N-methyl/N-ethyl adjacent to an activating group) is 1. The first-order valence-corrected chi connectivity index (χ1v) is 8.11. The van der Waals surface area contributed by atoms with Crippen molar-refractivity contribution in [2.24, 2.45) is 5.73 Å². The Morgan fingerprint density at radius 2 is 1.78 bits per heavy atom. The number of hydrogen-bond acceptors (Lipinski definition) is 5. The van der Waals surface area contributed by atoms with Crippen LogP contribution in [0, 0.1) is 0 Å². The molecule has 0 bridgehead atoms. The van der Waals surface area contributed by atoms with E-state index in [9.17, 15) is 19.5 Å². The van der Waals surface area contributed by atoms with Gasteiger partial charge in [0.25, 0.3) is 0 Å². The number of carbonyl (C=O) groups excluding carboxylic acids is 3. The Hall–Kier alpha value is -1.67. The number of rotatable bonds is 5. The highest BCUT2D eigenvalue weighted by Crippen LogP contribution is 2.24. The zero-order valence-electron chi connectivity index (χ0n) is 13.7. The zero-order valence-corrected chi connectivity index (χ0v) is 13.7. The van der Waals surface area contributed by atoms with Gasteiger partial charge in [-0.3, -0.25) is 19.3 Å². The second-order valence-electron chi connectivity index (χ2n) is 6.46. The topological polar surface area (TPSA) is 116 Å². The van der Waals surface area contributed by atoms with E-state index in [1.54, 1.807) is 4.90 Å². The molecule has 4 atom stereocenters. The van der Waals surface area contributed by atoms with Gasteiger partial charge in [-0.05, 0) is 46.2 Å². The molecular formula is C15H26N4O4. The van der Waals surface area contributed by atoms with Crippen molar-refractivity contribution in [3.63, 3.8) is 0 Å². The Kier molecular flexibility index (Phi) is 5.59. The highest BCUT2D eigenvalue weighted by molar-refractivity contribution is 5.93. The molecule has 2 aliphatic heterocycles. The molecule has 2 rings (SSSR count). The first kappa shape index (κ1) is 17.7. The van der Waals surface area contributed by atoms with E-state index in [0.717, 1.165) is 25.8 Å². The van der Waals surface area contributed by atoms with E-state index in [1.807, 2.05) is 11.9 Å². The molecule has 0 aromatic heterocycles. The fourth-order valence-electron chi connectivity index (χ4n) is 3.40. The minimum absolute atomic E-state index is 0.0321. The zero-order chi connectivity index (χ0) is 17.1. The lowest BCUT2D eigenvalue weighted by atomic mass is 10.1. The Balaban J connectivity index is 2.04. The molecule has 2 fully saturated rings. The monoisotopic (exact) mass is 326 g/mol. The van der Waals surface area contributed by atoms with E-state index in [-0.39, 0.29) is 11.9 Å². The predicted octanol–water partition coefficient (Wildman–Crippen LogP) is -1.58. The van der Waals surface area contributed by atoms with Gasteiger partial charge in [-0.15, -0.1) is 0 Å². The van der Waals surface area contributed by atoms with Crippen LogP contribution in [0.15, 0.2) is 0 Å². The van der Waals surface area contributed by atoms with Crippen LogP contribution in [0.4, 0.5) is 0 Å². The van der Waals surface area contributed by atoms with Crippen molar-refractivity contribution in [3.05, 3.63) is 0 Å². The van der Waals surface area contributed by atoms with Gasteiger partial charge in [-0.2, -0.15) is 0 Å². The summed E-state index contributed by atoms with van der Waals surface area (Å²) < 4.78 is 0. The molecule has 0 spiro atoms. The third kappa shape index (κ3) is 3.81. The quantitative estimate of drug-likeness (QED) is 0.564. The lowest BCUT2D eigenvalue weighted by Gasteiger charge is -2.30. The number of nitrogens with zero attached hydrogens (tertiary/aromatic N) is 2. The van der Waals surface area contributed by atoms with Gasteiger partial charge in [0.15, 0.2) is 0 Å². The number of nitrogens with one attached hydrogen (secondary N) is 1. The molecule has 3 amide bonds. The van der Waals surface area contributed by atoms with Crippen molar-refractivity contribution >= 4 is 17.7 Å². The molecule has 0 saturated carbocycles. The maximum Gasteiger partial charge on any atom is 0.243 e. The number of aliphatic hydroxyl groups excluding tert-OH is 1. The summed E-state index contributed by atoms with van der Waals surface area (Å²) >= 11 is 0. The summed E-state index contributed by atoms with van der Waals surface area (Å²) in [6.07, 6.45) is 2.00. The molecule has 8 heteroatoms. The van der Waals surface area contributed by atoms with Crippen LogP contribution in [0.3, 0.4) is 0 Å². The van der Waals surface area contributed by atoms with Crippen LogP contribution in [0.25, 0.3) is 0 Å². The van der Waals surface area contributed by atoms with Gasteiger partial charge in [0.05, 0.1) is 12.1 Å². The van der Waals surface area contributed by atoms with Crippen molar-refractivity contribution < 1.29 is 19.5 Å². The standard InChI is InChI=1S/C15H26N4O4/c1-9(20)12(13(16)21)17-14(22)10-5-4-8-19(10)15(23)11-6-3-7-18(11)2/h9-12,20H,3-8H2,1-2H3,(H2,16,21)(H,17,22)/t9-,10-,11-,12+/m1/s1. The number of nitrogens with two attached hydrogens (primary N) is 1. The van der Waals surface area contributed by atoms with Gasteiger partial charge in [-0.1, -0.05) is 0 Å². The van der Waals surface area contributed by atoms with Gasteiger partial charge < -0.3 is 21.1 Å². The second kappa shape index (κ2) is 7.27. The Labute approximate surface area is 136 Å². The number of hydrogen-bond donors (Lipinski definition) is 3. The number of carbonyl (C=O) groups is 3. The summed E-state index contributed by atoms with van der Waals surface area (Å²) in [5.41, 5.74) is 5.20. The molecule has 0 aliphatic carbocycles. The average Bonchev–Trinajstić information content (AvgIpc) is 3.11. The van der Waals surface area contributed by atoms with Gasteiger partial charge in [0, 0.05) is 6.54 Å². The van der Waals surface area contributed by atoms with E-state index in [2.05, 4.69) is 5.32 Å². The van der Waals surface area contributed by atoms with Crippen LogP contribution in [0.1, 0.15) is 32.6 Å². The summed E-state index contributed by atoms with van der Waals surface area (Å²) in [6, 6.07) is -1.92. The minimum atomic E-state index is -1.14. The van der Waals surface area contributed by atoms with Crippen LogP contribution in [-0.4, -0.2) is 77.0 Å².